The Morgan fingerprint density at radius 2 is 1.91 bits per heavy atom. The Labute approximate surface area is 128 Å². The molecule has 0 spiro atoms. The molecule has 0 saturated carbocycles. The summed E-state index contributed by atoms with van der Waals surface area (Å²) in [6.07, 6.45) is 0.297. The van der Waals surface area contributed by atoms with Gasteiger partial charge in [0.1, 0.15) is 11.6 Å². The standard InChI is InChI=1S/C15H19FN2O4/c1-21-15(20)18-7-3-6-17(8-9-18)14(19)11-22-13-5-2-4-12(16)10-13/h2,4-5,10H,3,6-9,11H2,1H3. The summed E-state index contributed by atoms with van der Waals surface area (Å²) in [5, 5.41) is 0. The van der Waals surface area contributed by atoms with Crippen molar-refractivity contribution in [2.75, 3.05) is 39.9 Å². The molecule has 0 atom stereocenters. The van der Waals surface area contributed by atoms with Gasteiger partial charge in [-0.25, -0.2) is 9.18 Å². The number of amides is 2. The van der Waals surface area contributed by atoms with Crippen LogP contribution in [-0.2, 0) is 9.53 Å². The summed E-state index contributed by atoms with van der Waals surface area (Å²) in [4.78, 5) is 26.8. The molecule has 0 aromatic heterocycles. The third kappa shape index (κ3) is 4.34. The number of nitrogens with zero attached hydrogens (tertiary/aromatic N) is 2. The average Bonchev–Trinajstić information content (AvgIpc) is 2.78. The molecule has 1 aromatic rings. The van der Waals surface area contributed by atoms with Crippen molar-refractivity contribution in [2.45, 2.75) is 6.42 Å². The van der Waals surface area contributed by atoms with Crippen LogP contribution in [0.2, 0.25) is 0 Å². The maximum absolute atomic E-state index is 13.0. The summed E-state index contributed by atoms with van der Waals surface area (Å²) in [7, 11) is 1.34. The van der Waals surface area contributed by atoms with Crippen LogP contribution < -0.4 is 4.74 Å². The monoisotopic (exact) mass is 310 g/mol. The van der Waals surface area contributed by atoms with Crippen molar-refractivity contribution in [3.05, 3.63) is 30.1 Å². The molecule has 1 heterocycles. The van der Waals surface area contributed by atoms with E-state index in [0.29, 0.717) is 38.3 Å². The molecule has 1 aliphatic heterocycles. The van der Waals surface area contributed by atoms with Crippen LogP contribution in [0.3, 0.4) is 0 Å². The first-order chi connectivity index (χ1) is 10.6. The molecule has 1 aromatic carbocycles. The Balaban J connectivity index is 1.84. The second kappa shape index (κ2) is 7.63. The minimum Gasteiger partial charge on any atom is -0.484 e. The normalized spacial score (nSPS) is 15.2. The quantitative estimate of drug-likeness (QED) is 0.849. The molecule has 0 bridgehead atoms. The zero-order valence-electron chi connectivity index (χ0n) is 12.5. The number of ether oxygens (including phenoxy) is 2. The van der Waals surface area contributed by atoms with Gasteiger partial charge in [0.25, 0.3) is 5.91 Å². The van der Waals surface area contributed by atoms with Crippen molar-refractivity contribution in [3.63, 3.8) is 0 Å². The lowest BCUT2D eigenvalue weighted by atomic mass is 10.3. The molecular formula is C15H19FN2O4. The maximum atomic E-state index is 13.0. The third-order valence-electron chi connectivity index (χ3n) is 3.44. The summed E-state index contributed by atoms with van der Waals surface area (Å²) < 4.78 is 23.0. The first-order valence-corrected chi connectivity index (χ1v) is 7.09. The lowest BCUT2D eigenvalue weighted by Gasteiger charge is -2.21. The molecule has 2 rings (SSSR count). The lowest BCUT2D eigenvalue weighted by molar-refractivity contribution is -0.133. The van der Waals surface area contributed by atoms with Crippen molar-refractivity contribution in [2.24, 2.45) is 0 Å². The van der Waals surface area contributed by atoms with Crippen molar-refractivity contribution >= 4 is 12.0 Å². The van der Waals surface area contributed by atoms with Crippen LogP contribution in [0.15, 0.2) is 24.3 Å². The summed E-state index contributed by atoms with van der Waals surface area (Å²) in [5.41, 5.74) is 0. The van der Waals surface area contributed by atoms with Crippen LogP contribution in [-0.4, -0.2) is 61.7 Å². The van der Waals surface area contributed by atoms with Gasteiger partial charge < -0.3 is 19.3 Å². The summed E-state index contributed by atoms with van der Waals surface area (Å²) >= 11 is 0. The van der Waals surface area contributed by atoms with Gasteiger partial charge in [0.2, 0.25) is 0 Å². The van der Waals surface area contributed by atoms with Gasteiger partial charge >= 0.3 is 6.09 Å². The Hall–Kier alpha value is -2.31. The number of methoxy groups -OCH3 is 1. The van der Waals surface area contributed by atoms with E-state index < -0.39 is 5.82 Å². The molecule has 2 amide bonds. The molecule has 0 radical (unpaired) electrons. The Kier molecular flexibility index (Phi) is 5.57. The number of carbonyl (C=O) groups is 2. The maximum Gasteiger partial charge on any atom is 0.409 e. The summed E-state index contributed by atoms with van der Waals surface area (Å²) in [5.74, 6) is -0.274. The molecule has 1 aliphatic rings. The fraction of sp³-hybridized carbons (Fsp3) is 0.467. The first kappa shape index (κ1) is 16.1. The zero-order chi connectivity index (χ0) is 15.9. The van der Waals surface area contributed by atoms with Crippen LogP contribution in [0.1, 0.15) is 6.42 Å². The molecule has 22 heavy (non-hydrogen) atoms. The largest absolute Gasteiger partial charge is 0.484 e. The van der Waals surface area contributed by atoms with Gasteiger partial charge in [-0.3, -0.25) is 4.79 Å². The molecule has 1 saturated heterocycles. The van der Waals surface area contributed by atoms with E-state index in [1.807, 2.05) is 0 Å². The minimum absolute atomic E-state index is 0.151. The van der Waals surface area contributed by atoms with E-state index in [0.717, 1.165) is 0 Å². The van der Waals surface area contributed by atoms with Crippen LogP contribution in [0.5, 0.6) is 5.75 Å². The summed E-state index contributed by atoms with van der Waals surface area (Å²) in [6.45, 7) is 1.82. The van der Waals surface area contributed by atoms with E-state index in [-0.39, 0.29) is 18.6 Å². The van der Waals surface area contributed by atoms with Crippen molar-refractivity contribution in [1.82, 2.24) is 9.80 Å². The van der Waals surface area contributed by atoms with E-state index in [1.165, 1.54) is 25.3 Å². The first-order valence-electron chi connectivity index (χ1n) is 7.09. The Morgan fingerprint density at radius 3 is 2.64 bits per heavy atom. The molecule has 120 valence electrons. The van der Waals surface area contributed by atoms with E-state index >= 15 is 0 Å². The van der Waals surface area contributed by atoms with Crippen molar-refractivity contribution < 1.29 is 23.5 Å². The van der Waals surface area contributed by atoms with Gasteiger partial charge in [0.15, 0.2) is 6.61 Å². The molecule has 0 N–H and O–H groups in total. The van der Waals surface area contributed by atoms with Crippen molar-refractivity contribution in [3.8, 4) is 5.75 Å². The lowest BCUT2D eigenvalue weighted by Crippen LogP contribution is -2.39. The van der Waals surface area contributed by atoms with Crippen LogP contribution >= 0.6 is 0 Å². The number of benzene rings is 1. The SMILES string of the molecule is COC(=O)N1CCCN(C(=O)COc2cccc(F)c2)CC1. The van der Waals surface area contributed by atoms with E-state index in [9.17, 15) is 14.0 Å². The van der Waals surface area contributed by atoms with E-state index in [1.54, 1.807) is 15.9 Å². The molecule has 0 unspecified atom stereocenters. The number of carbonyl (C=O) groups excluding carboxylic acids is 2. The highest BCUT2D eigenvalue weighted by atomic mass is 19.1. The highest BCUT2D eigenvalue weighted by Crippen LogP contribution is 2.12. The highest BCUT2D eigenvalue weighted by molar-refractivity contribution is 5.78. The van der Waals surface area contributed by atoms with Gasteiger partial charge in [-0.15, -0.1) is 0 Å². The third-order valence-corrected chi connectivity index (χ3v) is 3.44. The zero-order valence-corrected chi connectivity index (χ0v) is 12.5. The van der Waals surface area contributed by atoms with E-state index in [2.05, 4.69) is 4.74 Å². The van der Waals surface area contributed by atoms with Gasteiger partial charge in [-0.05, 0) is 18.6 Å². The second-order valence-electron chi connectivity index (χ2n) is 4.94. The van der Waals surface area contributed by atoms with Gasteiger partial charge in [-0.2, -0.15) is 0 Å². The summed E-state index contributed by atoms with van der Waals surface area (Å²) in [6, 6.07) is 5.66. The smallest absolute Gasteiger partial charge is 0.409 e. The van der Waals surface area contributed by atoms with E-state index in [4.69, 9.17) is 4.74 Å². The predicted octanol–water partition coefficient (Wildman–Crippen LogP) is 1.51. The fourth-order valence-corrected chi connectivity index (χ4v) is 2.27. The Morgan fingerprint density at radius 1 is 1.18 bits per heavy atom. The van der Waals surface area contributed by atoms with Gasteiger partial charge in [-0.1, -0.05) is 6.07 Å². The Bertz CT molecular complexity index is 538. The average molecular weight is 310 g/mol. The predicted molar refractivity (Wildman–Crippen MR) is 77.1 cm³/mol. The molecule has 7 heteroatoms. The van der Waals surface area contributed by atoms with Crippen molar-refractivity contribution in [1.29, 1.82) is 0 Å². The van der Waals surface area contributed by atoms with Gasteiger partial charge in [0.05, 0.1) is 7.11 Å². The minimum atomic E-state index is -0.409. The van der Waals surface area contributed by atoms with Crippen LogP contribution in [0.25, 0.3) is 0 Å². The number of hydrogen-bond acceptors (Lipinski definition) is 4. The van der Waals surface area contributed by atoms with Gasteiger partial charge in [0, 0.05) is 32.2 Å². The topological polar surface area (TPSA) is 59.1 Å². The van der Waals surface area contributed by atoms with Crippen LogP contribution in [0, 0.1) is 5.82 Å². The fourth-order valence-electron chi connectivity index (χ4n) is 2.27. The highest BCUT2D eigenvalue weighted by Gasteiger charge is 2.22. The molecular weight excluding hydrogens is 291 g/mol. The molecule has 0 aliphatic carbocycles. The number of halogens is 1. The number of rotatable bonds is 3. The van der Waals surface area contributed by atoms with Crippen LogP contribution in [0.4, 0.5) is 9.18 Å². The second-order valence-corrected chi connectivity index (χ2v) is 4.94. The number of hydrogen-bond donors (Lipinski definition) is 0. The molecule has 1 fully saturated rings. The molecule has 6 nitrogen and oxygen atoms in total.